The summed E-state index contributed by atoms with van der Waals surface area (Å²) in [6, 6.07) is 46.1. The molecule has 0 N–H and O–H groups in total. The van der Waals surface area contributed by atoms with Crippen LogP contribution in [-0.2, 0) is 27.1 Å². The van der Waals surface area contributed by atoms with Crippen molar-refractivity contribution in [1.82, 2.24) is 4.57 Å². The molecule has 0 fully saturated rings. The number of fused-ring (bicyclic) bond motifs is 17. The van der Waals surface area contributed by atoms with Gasteiger partial charge in [0.15, 0.2) is 0 Å². The minimum absolute atomic E-state index is 0.0208. The number of thiophene rings is 1. The molecule has 2 aliphatic heterocycles. The van der Waals surface area contributed by atoms with E-state index >= 15 is 0 Å². The molecular weight excluding hydrogens is 804 g/mol. The molecule has 0 saturated heterocycles. The normalized spacial score (nSPS) is 17.4. The van der Waals surface area contributed by atoms with Crippen LogP contribution in [0.4, 0.5) is 11.4 Å². The number of rotatable bonds is 1. The van der Waals surface area contributed by atoms with Gasteiger partial charge in [-0.25, -0.2) is 0 Å². The summed E-state index contributed by atoms with van der Waals surface area (Å²) < 4.78 is 5.55. The molecule has 13 rings (SSSR count). The molecule has 2 nitrogen and oxygen atoms in total. The number of anilines is 2. The van der Waals surface area contributed by atoms with Gasteiger partial charge in [0.2, 0.25) is 0 Å². The van der Waals surface area contributed by atoms with Crippen molar-refractivity contribution in [3.8, 4) is 27.9 Å². The first-order chi connectivity index (χ1) is 30.8. The van der Waals surface area contributed by atoms with Crippen molar-refractivity contribution in [2.24, 2.45) is 0 Å². The van der Waals surface area contributed by atoms with Gasteiger partial charge in [-0.1, -0.05) is 150 Å². The van der Waals surface area contributed by atoms with E-state index in [0.29, 0.717) is 0 Å². The molecule has 2 aromatic heterocycles. The third kappa shape index (κ3) is 5.13. The Morgan fingerprint density at radius 3 is 1.94 bits per heavy atom. The van der Waals surface area contributed by atoms with Gasteiger partial charge < -0.3 is 9.38 Å². The van der Waals surface area contributed by atoms with Gasteiger partial charge in [-0.15, -0.1) is 11.3 Å². The maximum absolute atomic E-state index is 2.77. The van der Waals surface area contributed by atoms with E-state index in [4.69, 9.17) is 0 Å². The highest BCUT2D eigenvalue weighted by molar-refractivity contribution is 7.27. The predicted molar refractivity (Wildman–Crippen MR) is 283 cm³/mol. The number of hydrogen-bond donors (Lipinski definition) is 0. The minimum atomic E-state index is -0.143. The lowest BCUT2D eigenvalue weighted by atomic mass is 9.43. The molecule has 0 amide bonds. The van der Waals surface area contributed by atoms with Crippen molar-refractivity contribution in [3.05, 3.63) is 149 Å². The Labute approximate surface area is 389 Å². The molecule has 322 valence electrons. The fraction of sp³-hybridized carbons (Fsp3) is 0.311. The van der Waals surface area contributed by atoms with Gasteiger partial charge >= 0.3 is 6.85 Å². The smallest absolute Gasteiger partial charge is 0.333 e. The fourth-order valence-corrected chi connectivity index (χ4v) is 14.2. The molecule has 4 aliphatic rings. The van der Waals surface area contributed by atoms with Crippen LogP contribution in [0.2, 0.25) is 0 Å². The molecule has 4 heterocycles. The first-order valence-electron chi connectivity index (χ1n) is 24.1. The maximum atomic E-state index is 2.77. The monoisotopic (exact) mass is 862 g/mol. The molecule has 0 bridgehead atoms. The lowest BCUT2D eigenvalue weighted by molar-refractivity contribution is 0.332. The Hall–Kier alpha value is -5.58. The summed E-state index contributed by atoms with van der Waals surface area (Å²) in [6.45, 7) is 28.9. The van der Waals surface area contributed by atoms with Crippen molar-refractivity contribution in [2.75, 3.05) is 4.81 Å². The van der Waals surface area contributed by atoms with Gasteiger partial charge in [0.1, 0.15) is 0 Å². The largest absolute Gasteiger partial charge is 0.376 e. The molecule has 0 unspecified atom stereocenters. The molecule has 2 aliphatic carbocycles. The van der Waals surface area contributed by atoms with Crippen LogP contribution < -0.4 is 15.7 Å². The number of hydrogen-bond acceptors (Lipinski definition) is 2. The minimum Gasteiger partial charge on any atom is -0.376 e. The molecule has 0 atom stereocenters. The van der Waals surface area contributed by atoms with E-state index < -0.39 is 0 Å². The van der Waals surface area contributed by atoms with Gasteiger partial charge in [0, 0.05) is 64.5 Å². The molecule has 0 saturated carbocycles. The average molecular weight is 863 g/mol. The number of nitrogens with zero attached hydrogens (tertiary/aromatic N) is 2. The van der Waals surface area contributed by atoms with Crippen LogP contribution >= 0.6 is 11.3 Å². The summed E-state index contributed by atoms with van der Waals surface area (Å²) in [5.74, 6) is 0. The first-order valence-corrected chi connectivity index (χ1v) is 24.9. The summed E-state index contributed by atoms with van der Waals surface area (Å²) in [6.07, 6.45) is 2.37. The highest BCUT2D eigenvalue weighted by Gasteiger charge is 2.48. The van der Waals surface area contributed by atoms with Crippen molar-refractivity contribution in [3.63, 3.8) is 0 Å². The molecule has 9 aromatic rings. The SMILES string of the molecule is CC(C)(C)c1ccc(N2B3c4cc5c(cc4-n4c6cc7c(cc6c6c8c(sc9ccccc98)c(c3c64)-c3cc(C(C)(C)C)ccc32)C(C)(C)CCC7(C)C)-c2ccccc2C5(C)C)cc1. The van der Waals surface area contributed by atoms with Crippen LogP contribution in [0.15, 0.2) is 115 Å². The second kappa shape index (κ2) is 12.4. The second-order valence-electron chi connectivity index (χ2n) is 24.0. The third-order valence-electron chi connectivity index (χ3n) is 16.7. The van der Waals surface area contributed by atoms with Crippen molar-refractivity contribution in [2.45, 2.75) is 123 Å². The van der Waals surface area contributed by atoms with Crippen molar-refractivity contribution < 1.29 is 0 Å². The Morgan fingerprint density at radius 2 is 1.22 bits per heavy atom. The van der Waals surface area contributed by atoms with Gasteiger partial charge in [-0.2, -0.15) is 0 Å². The highest BCUT2D eigenvalue weighted by atomic mass is 32.1. The number of benzene rings is 7. The van der Waals surface area contributed by atoms with Crippen LogP contribution in [0.1, 0.15) is 129 Å². The van der Waals surface area contributed by atoms with Gasteiger partial charge in [-0.05, 0) is 138 Å². The molecule has 0 radical (unpaired) electrons. The van der Waals surface area contributed by atoms with Gasteiger partial charge in [0.05, 0.1) is 11.0 Å². The van der Waals surface area contributed by atoms with E-state index in [9.17, 15) is 0 Å². The van der Waals surface area contributed by atoms with E-state index in [1.807, 2.05) is 11.3 Å². The lowest BCUT2D eigenvalue weighted by Gasteiger charge is -2.43. The molecular formula is C61H59BN2S. The van der Waals surface area contributed by atoms with Crippen LogP contribution in [0, 0.1) is 0 Å². The lowest BCUT2D eigenvalue weighted by Crippen LogP contribution is -2.60. The highest BCUT2D eigenvalue weighted by Crippen LogP contribution is 2.56. The van der Waals surface area contributed by atoms with Gasteiger partial charge in [0.25, 0.3) is 0 Å². The van der Waals surface area contributed by atoms with E-state index in [1.54, 1.807) is 0 Å². The van der Waals surface area contributed by atoms with Gasteiger partial charge in [-0.3, -0.25) is 0 Å². The summed E-state index contributed by atoms with van der Waals surface area (Å²) >= 11 is 2.01. The Balaban J connectivity index is 1.28. The molecule has 7 aromatic carbocycles. The Bertz CT molecular complexity index is 3600. The van der Waals surface area contributed by atoms with Crippen molar-refractivity contribution >= 4 is 82.5 Å². The quantitative estimate of drug-likeness (QED) is 0.149. The second-order valence-corrected chi connectivity index (χ2v) is 25.1. The van der Waals surface area contributed by atoms with E-state index in [1.165, 1.54) is 138 Å². The van der Waals surface area contributed by atoms with Crippen LogP contribution in [0.25, 0.3) is 69.9 Å². The zero-order chi connectivity index (χ0) is 45.1. The standard InChI is InChI=1S/C61H59BN2S/c1-57(2,3)34-21-24-36(25-22-34)64-47-26-23-35(58(4,5)6)29-40(47)53-54-55-51(52-38-18-14-16-20-50(38)65-56(52)53)41-30-44-45(60(9,10)28-27-59(44,7)8)33-48(41)63(55)49-31-39-37-17-13-15-19-42(37)61(11,12)43(39)32-46(49)62(54)64/h13-26,29-33H,27-28H2,1-12H3. The summed E-state index contributed by atoms with van der Waals surface area (Å²) in [5, 5.41) is 5.60. The van der Waals surface area contributed by atoms with Crippen LogP contribution in [0.3, 0.4) is 0 Å². The Morgan fingerprint density at radius 1 is 0.554 bits per heavy atom. The summed E-state index contributed by atoms with van der Waals surface area (Å²) in [5.41, 5.74) is 23.5. The Kier molecular flexibility index (Phi) is 7.61. The zero-order valence-electron chi connectivity index (χ0n) is 40.3. The predicted octanol–water partition coefficient (Wildman–Crippen LogP) is 15.6. The van der Waals surface area contributed by atoms with Crippen LogP contribution in [-0.4, -0.2) is 11.4 Å². The molecule has 0 spiro atoms. The average Bonchev–Trinajstić information content (AvgIpc) is 3.88. The van der Waals surface area contributed by atoms with E-state index in [-0.39, 0.29) is 33.9 Å². The van der Waals surface area contributed by atoms with Crippen molar-refractivity contribution in [1.29, 1.82) is 0 Å². The van der Waals surface area contributed by atoms with Crippen LogP contribution in [0.5, 0.6) is 0 Å². The van der Waals surface area contributed by atoms with E-state index in [2.05, 4.69) is 208 Å². The topological polar surface area (TPSA) is 8.17 Å². The maximum Gasteiger partial charge on any atom is 0.333 e. The first kappa shape index (κ1) is 39.8. The third-order valence-corrected chi connectivity index (χ3v) is 17.9. The molecule has 65 heavy (non-hydrogen) atoms. The van der Waals surface area contributed by atoms with E-state index in [0.717, 1.165) is 0 Å². The summed E-state index contributed by atoms with van der Waals surface area (Å²) in [4.78, 5) is 2.74. The molecule has 4 heteroatoms. The summed E-state index contributed by atoms with van der Waals surface area (Å²) in [7, 11) is 0. The number of aromatic nitrogens is 1. The zero-order valence-corrected chi connectivity index (χ0v) is 41.1. The fourth-order valence-electron chi connectivity index (χ4n) is 12.9.